The average molecular weight is 561 g/mol. The number of esters is 1. The van der Waals surface area contributed by atoms with Crippen molar-refractivity contribution >= 4 is 46.0 Å². The maximum atomic E-state index is 14.6. The van der Waals surface area contributed by atoms with Crippen molar-refractivity contribution in [1.82, 2.24) is 4.90 Å². The van der Waals surface area contributed by atoms with Crippen LogP contribution >= 0.6 is 11.8 Å². The average Bonchev–Trinajstić information content (AvgIpc) is 3.29. The normalized spacial score (nSPS) is 32.5. The van der Waals surface area contributed by atoms with E-state index in [9.17, 15) is 19.5 Å². The van der Waals surface area contributed by atoms with Crippen molar-refractivity contribution in [1.29, 1.82) is 0 Å². The lowest BCUT2D eigenvalue weighted by atomic mass is 9.74. The first-order valence-corrected chi connectivity index (χ1v) is 15.1. The summed E-state index contributed by atoms with van der Waals surface area (Å²) < 4.78 is 4.14. The molecule has 2 saturated heterocycles. The number of ether oxygens (including phenoxy) is 1. The maximum Gasteiger partial charge on any atom is 0.311 e. The number of carbonyl (C=O) groups is 3. The van der Waals surface area contributed by atoms with Crippen LogP contribution < -0.4 is 4.90 Å². The molecular weight excluding hydrogens is 524 g/mol. The van der Waals surface area contributed by atoms with E-state index in [0.29, 0.717) is 32.5 Å². The monoisotopic (exact) mass is 560 g/mol. The van der Waals surface area contributed by atoms with Crippen LogP contribution in [0.5, 0.6) is 0 Å². The number of aliphatic hydroxyl groups is 1. The highest BCUT2D eigenvalue weighted by Gasteiger charge is 2.73. The van der Waals surface area contributed by atoms with Crippen LogP contribution in [0.25, 0.3) is 10.8 Å². The van der Waals surface area contributed by atoms with E-state index in [0.717, 1.165) is 35.7 Å². The number of hydrogen-bond donors (Lipinski definition) is 1. The van der Waals surface area contributed by atoms with E-state index >= 15 is 0 Å². The third-order valence-electron chi connectivity index (χ3n) is 8.85. The molecule has 0 radical (unpaired) electrons. The van der Waals surface area contributed by atoms with Crippen LogP contribution in [0.3, 0.4) is 0 Å². The fourth-order valence-corrected chi connectivity index (χ4v) is 9.17. The number of unbranched alkanes of at least 4 members (excludes halogenated alkanes) is 2. The van der Waals surface area contributed by atoms with Gasteiger partial charge in [-0.15, -0.1) is 11.8 Å². The molecule has 1 spiro atoms. The van der Waals surface area contributed by atoms with Crippen molar-refractivity contribution in [2.45, 2.75) is 54.6 Å². The van der Waals surface area contributed by atoms with Gasteiger partial charge in [0.25, 0.3) is 5.91 Å². The maximum absolute atomic E-state index is 14.6. The number of nitrogens with zero attached hydrogens (tertiary/aromatic N) is 2. The summed E-state index contributed by atoms with van der Waals surface area (Å²) in [7, 11) is 0. The van der Waals surface area contributed by atoms with Gasteiger partial charge in [0, 0.05) is 30.1 Å². The zero-order chi connectivity index (χ0) is 27.9. The van der Waals surface area contributed by atoms with Crippen molar-refractivity contribution in [3.63, 3.8) is 0 Å². The number of aliphatic hydroxyl groups excluding tert-OH is 1. The second-order valence-electron chi connectivity index (χ2n) is 11.4. The van der Waals surface area contributed by atoms with Crippen molar-refractivity contribution in [2.24, 2.45) is 11.8 Å². The quantitative estimate of drug-likeness (QED) is 0.318. The summed E-state index contributed by atoms with van der Waals surface area (Å²) in [5.74, 6) is -2.02. The Morgan fingerprint density at radius 2 is 1.80 bits per heavy atom. The summed E-state index contributed by atoms with van der Waals surface area (Å²) in [5.41, 5.74) is 0.789. The molecule has 0 bridgehead atoms. The van der Waals surface area contributed by atoms with E-state index in [1.54, 1.807) is 21.6 Å². The van der Waals surface area contributed by atoms with Crippen LogP contribution in [0.15, 0.2) is 66.8 Å². The minimum atomic E-state index is -0.890. The van der Waals surface area contributed by atoms with Crippen molar-refractivity contribution < 1.29 is 24.2 Å². The van der Waals surface area contributed by atoms with Gasteiger partial charge >= 0.3 is 5.97 Å². The summed E-state index contributed by atoms with van der Waals surface area (Å²) in [5, 5.41) is 11.4. The third kappa shape index (κ3) is 4.36. The Kier molecular flexibility index (Phi) is 7.25. The molecule has 1 unspecified atom stereocenters. The third-order valence-corrected chi connectivity index (χ3v) is 10.6. The number of carbonyl (C=O) groups excluding carboxylic acids is 3. The van der Waals surface area contributed by atoms with Crippen LogP contribution in [-0.4, -0.2) is 69.6 Å². The molecule has 40 heavy (non-hydrogen) atoms. The lowest BCUT2D eigenvalue weighted by Gasteiger charge is -2.37. The van der Waals surface area contributed by atoms with E-state index in [-0.39, 0.29) is 24.4 Å². The standard InChI is InChI=1S/C32H36N2O5S/c1-31-15-6-2-9-20-39-30(38)26(31)25-28(36)34(17-7-3-8-19-35)27-29(37)33(18-10-16-32(25,27)40-31)24-14-13-22-11-4-5-12-23(22)21-24/h4-6,10-16,21,25-27,35H,2-3,7-9,17-20H2,1H3/b15-6-/t25-,26-,27?,31+,32-/m0/s1. The number of rotatable bonds is 6. The molecule has 0 saturated carbocycles. The number of anilines is 1. The molecule has 4 aliphatic rings. The minimum Gasteiger partial charge on any atom is -0.465 e. The number of amides is 2. The van der Waals surface area contributed by atoms with Gasteiger partial charge in [-0.1, -0.05) is 54.6 Å². The summed E-state index contributed by atoms with van der Waals surface area (Å²) >= 11 is 1.58. The lowest BCUT2D eigenvalue weighted by Crippen LogP contribution is -2.53. The highest BCUT2D eigenvalue weighted by Crippen LogP contribution is 2.65. The van der Waals surface area contributed by atoms with E-state index in [1.165, 1.54) is 0 Å². The van der Waals surface area contributed by atoms with Gasteiger partial charge in [0.1, 0.15) is 6.04 Å². The Balaban J connectivity index is 1.44. The molecule has 2 aromatic rings. The van der Waals surface area contributed by atoms with Gasteiger partial charge in [-0.3, -0.25) is 14.4 Å². The fourth-order valence-electron chi connectivity index (χ4n) is 7.02. The number of allylic oxidation sites excluding steroid dienone is 1. The van der Waals surface area contributed by atoms with Crippen LogP contribution in [0.4, 0.5) is 5.69 Å². The predicted octanol–water partition coefficient (Wildman–Crippen LogP) is 4.49. The molecule has 4 heterocycles. The second kappa shape index (κ2) is 10.7. The molecule has 8 heteroatoms. The number of cyclic esters (lactones) is 1. The molecule has 0 aliphatic carbocycles. The fraction of sp³-hybridized carbons (Fsp3) is 0.469. The number of fused-ring (bicyclic) bond motifs is 3. The molecule has 0 aromatic heterocycles. The van der Waals surface area contributed by atoms with E-state index < -0.39 is 27.4 Å². The van der Waals surface area contributed by atoms with Crippen molar-refractivity contribution in [2.75, 3.05) is 31.2 Å². The van der Waals surface area contributed by atoms with Gasteiger partial charge in [-0.2, -0.15) is 0 Å². The van der Waals surface area contributed by atoms with E-state index in [1.807, 2.05) is 61.5 Å². The molecule has 210 valence electrons. The van der Waals surface area contributed by atoms with Crippen LogP contribution in [0, 0.1) is 11.8 Å². The number of hydrogen-bond acceptors (Lipinski definition) is 6. The molecule has 2 amide bonds. The molecule has 5 atom stereocenters. The van der Waals surface area contributed by atoms with Crippen LogP contribution in [0.1, 0.15) is 39.0 Å². The summed E-state index contributed by atoms with van der Waals surface area (Å²) in [6.07, 6.45) is 11.8. The molecule has 1 N–H and O–H groups in total. The minimum absolute atomic E-state index is 0.0931. The summed E-state index contributed by atoms with van der Waals surface area (Å²) in [6.45, 7) is 3.22. The van der Waals surface area contributed by atoms with E-state index in [2.05, 4.69) is 12.2 Å². The lowest BCUT2D eigenvalue weighted by molar-refractivity contribution is -0.154. The molecule has 2 aromatic carbocycles. The first-order valence-electron chi connectivity index (χ1n) is 14.3. The molecule has 4 aliphatic heterocycles. The summed E-state index contributed by atoms with van der Waals surface area (Å²) in [4.78, 5) is 46.0. The van der Waals surface area contributed by atoms with Gasteiger partial charge in [-0.05, 0) is 61.9 Å². The van der Waals surface area contributed by atoms with Crippen LogP contribution in [0.2, 0.25) is 0 Å². The smallest absolute Gasteiger partial charge is 0.311 e. The van der Waals surface area contributed by atoms with Gasteiger partial charge in [0.05, 0.1) is 23.2 Å². The Morgan fingerprint density at radius 3 is 2.62 bits per heavy atom. The van der Waals surface area contributed by atoms with E-state index in [4.69, 9.17) is 4.74 Å². The second-order valence-corrected chi connectivity index (χ2v) is 13.2. The number of benzene rings is 2. The zero-order valence-electron chi connectivity index (χ0n) is 22.8. The highest BCUT2D eigenvalue weighted by atomic mass is 32.2. The zero-order valence-corrected chi connectivity index (χ0v) is 23.6. The number of likely N-dealkylation sites (tertiary alicyclic amines) is 1. The Labute approximate surface area is 239 Å². The first-order chi connectivity index (χ1) is 19.4. The van der Waals surface area contributed by atoms with Gasteiger partial charge < -0.3 is 19.6 Å². The van der Waals surface area contributed by atoms with Crippen molar-refractivity contribution in [3.05, 3.63) is 66.8 Å². The van der Waals surface area contributed by atoms with Crippen LogP contribution in [-0.2, 0) is 19.1 Å². The Bertz CT molecular complexity index is 1390. The van der Waals surface area contributed by atoms with Crippen molar-refractivity contribution in [3.8, 4) is 0 Å². The number of thioether (sulfide) groups is 1. The highest BCUT2D eigenvalue weighted by molar-refractivity contribution is 8.02. The molecule has 2 fully saturated rings. The van der Waals surface area contributed by atoms with Gasteiger partial charge in [0.2, 0.25) is 5.91 Å². The SMILES string of the molecule is C[C@@]12/C=C\CCCOC(=O)[C@@H]1[C@H]1C(=O)N(CCCCCO)C3C(=O)N(c4ccc5ccccc5c4)CC=C[C@@]31S2. The van der Waals surface area contributed by atoms with Gasteiger partial charge in [-0.25, -0.2) is 0 Å². The topological polar surface area (TPSA) is 87.1 Å². The Hall–Kier alpha value is -3.10. The summed E-state index contributed by atoms with van der Waals surface area (Å²) in [6, 6.07) is 13.3. The Morgan fingerprint density at radius 1 is 0.975 bits per heavy atom. The predicted molar refractivity (Wildman–Crippen MR) is 157 cm³/mol. The largest absolute Gasteiger partial charge is 0.465 e. The molecule has 7 nitrogen and oxygen atoms in total. The first kappa shape index (κ1) is 27.1. The molecule has 6 rings (SSSR count). The van der Waals surface area contributed by atoms with Gasteiger partial charge in [0.15, 0.2) is 0 Å². The molecular formula is C32H36N2O5S.